The minimum atomic E-state index is 0.691. The van der Waals surface area contributed by atoms with Crippen molar-refractivity contribution in [3.8, 4) is 5.75 Å². The predicted octanol–water partition coefficient (Wildman–Crippen LogP) is 3.51. The lowest BCUT2D eigenvalue weighted by Gasteiger charge is -2.12. The van der Waals surface area contributed by atoms with Crippen LogP contribution in [0.3, 0.4) is 0 Å². The number of aromatic nitrogens is 1. The molecule has 0 amide bonds. The Balaban J connectivity index is 2.10. The molecule has 0 bridgehead atoms. The summed E-state index contributed by atoms with van der Waals surface area (Å²) in [5.74, 6) is 1.54. The van der Waals surface area contributed by atoms with E-state index >= 15 is 0 Å². The molecule has 3 N–H and O–H groups in total. The Bertz CT molecular complexity index is 557. The van der Waals surface area contributed by atoms with Crippen molar-refractivity contribution in [3.05, 3.63) is 48.2 Å². The van der Waals surface area contributed by atoms with E-state index in [-0.39, 0.29) is 0 Å². The van der Waals surface area contributed by atoms with Crippen LogP contribution < -0.4 is 15.8 Å². The summed E-state index contributed by atoms with van der Waals surface area (Å²) in [5.41, 5.74) is 7.86. The van der Waals surface area contributed by atoms with Gasteiger partial charge in [-0.1, -0.05) is 19.1 Å². The number of nitrogens with two attached hydrogens (primary N) is 1. The molecule has 112 valence electrons. The van der Waals surface area contributed by atoms with Crippen LogP contribution in [0, 0.1) is 0 Å². The van der Waals surface area contributed by atoms with Crippen LogP contribution >= 0.6 is 0 Å². The van der Waals surface area contributed by atoms with Gasteiger partial charge >= 0.3 is 0 Å². The largest absolute Gasteiger partial charge is 0.490 e. The van der Waals surface area contributed by atoms with Crippen LogP contribution in [0.2, 0.25) is 0 Å². The molecule has 4 heteroatoms. The number of nitrogens with zero attached hydrogens (tertiary/aromatic N) is 1. The van der Waals surface area contributed by atoms with Crippen LogP contribution in [-0.4, -0.2) is 18.1 Å². The van der Waals surface area contributed by atoms with Crippen molar-refractivity contribution in [1.29, 1.82) is 0 Å². The zero-order valence-electron chi connectivity index (χ0n) is 12.5. The van der Waals surface area contributed by atoms with Gasteiger partial charge in [-0.25, -0.2) is 4.98 Å². The third-order valence-corrected chi connectivity index (χ3v) is 3.09. The fourth-order valence-corrected chi connectivity index (χ4v) is 2.06. The monoisotopic (exact) mass is 285 g/mol. The highest BCUT2D eigenvalue weighted by atomic mass is 16.5. The SMILES string of the molecule is CCCOc1cccnc1Nc1cccc(CCCN)c1. The van der Waals surface area contributed by atoms with Crippen LogP contribution in [-0.2, 0) is 6.42 Å². The second-order valence-corrected chi connectivity index (χ2v) is 4.92. The molecule has 1 aromatic heterocycles. The van der Waals surface area contributed by atoms with E-state index < -0.39 is 0 Å². The fourth-order valence-electron chi connectivity index (χ4n) is 2.06. The number of hydrogen-bond acceptors (Lipinski definition) is 4. The molecular formula is C17H23N3O. The summed E-state index contributed by atoms with van der Waals surface area (Å²) in [6.45, 7) is 3.49. The van der Waals surface area contributed by atoms with E-state index in [1.807, 2.05) is 24.3 Å². The standard InChI is InChI=1S/C17H23N3O/c1-2-12-21-16-9-5-11-19-17(16)20-15-8-3-6-14(13-15)7-4-10-18/h3,5-6,8-9,11,13H,2,4,7,10,12,18H2,1H3,(H,19,20). The van der Waals surface area contributed by atoms with Gasteiger partial charge in [0.2, 0.25) is 0 Å². The number of rotatable bonds is 8. The van der Waals surface area contributed by atoms with E-state index in [9.17, 15) is 0 Å². The van der Waals surface area contributed by atoms with E-state index in [2.05, 4.69) is 29.4 Å². The van der Waals surface area contributed by atoms with Gasteiger partial charge in [-0.15, -0.1) is 0 Å². The van der Waals surface area contributed by atoms with E-state index in [4.69, 9.17) is 10.5 Å². The number of pyridine rings is 1. The van der Waals surface area contributed by atoms with Crippen LogP contribution in [0.1, 0.15) is 25.3 Å². The van der Waals surface area contributed by atoms with Gasteiger partial charge in [0, 0.05) is 11.9 Å². The van der Waals surface area contributed by atoms with Gasteiger partial charge in [0.25, 0.3) is 0 Å². The highest BCUT2D eigenvalue weighted by Gasteiger charge is 2.05. The molecule has 0 aliphatic heterocycles. The Morgan fingerprint density at radius 3 is 2.95 bits per heavy atom. The van der Waals surface area contributed by atoms with Crippen molar-refractivity contribution < 1.29 is 4.74 Å². The number of benzene rings is 1. The van der Waals surface area contributed by atoms with E-state index in [0.29, 0.717) is 13.2 Å². The van der Waals surface area contributed by atoms with Gasteiger partial charge < -0.3 is 15.8 Å². The molecular weight excluding hydrogens is 262 g/mol. The number of ether oxygens (including phenoxy) is 1. The summed E-state index contributed by atoms with van der Waals surface area (Å²) in [4.78, 5) is 4.36. The molecule has 2 rings (SSSR count). The van der Waals surface area contributed by atoms with Gasteiger partial charge in [-0.05, 0) is 55.6 Å². The van der Waals surface area contributed by atoms with Gasteiger partial charge in [0.15, 0.2) is 11.6 Å². The molecule has 0 aliphatic carbocycles. The zero-order valence-corrected chi connectivity index (χ0v) is 12.5. The lowest BCUT2D eigenvalue weighted by Crippen LogP contribution is -2.02. The summed E-state index contributed by atoms with van der Waals surface area (Å²) in [5, 5.41) is 3.33. The molecule has 0 aliphatic rings. The second-order valence-electron chi connectivity index (χ2n) is 4.92. The molecule has 1 heterocycles. The molecule has 2 aromatic rings. The maximum Gasteiger partial charge on any atom is 0.173 e. The fraction of sp³-hybridized carbons (Fsp3) is 0.353. The van der Waals surface area contributed by atoms with Gasteiger partial charge in [0.1, 0.15) is 0 Å². The first-order chi connectivity index (χ1) is 10.3. The molecule has 0 saturated heterocycles. The summed E-state index contributed by atoms with van der Waals surface area (Å²) in [6, 6.07) is 12.1. The number of nitrogens with one attached hydrogen (secondary N) is 1. The van der Waals surface area contributed by atoms with Crippen molar-refractivity contribution in [3.63, 3.8) is 0 Å². The number of hydrogen-bond donors (Lipinski definition) is 2. The minimum absolute atomic E-state index is 0.691. The van der Waals surface area contributed by atoms with Crippen LogP contribution in [0.5, 0.6) is 5.75 Å². The van der Waals surface area contributed by atoms with Crippen molar-refractivity contribution in [2.24, 2.45) is 5.73 Å². The van der Waals surface area contributed by atoms with Crippen molar-refractivity contribution in [1.82, 2.24) is 4.98 Å². The van der Waals surface area contributed by atoms with E-state index in [1.165, 1.54) is 5.56 Å². The summed E-state index contributed by atoms with van der Waals surface area (Å²) in [6.07, 6.45) is 4.73. The molecule has 21 heavy (non-hydrogen) atoms. The molecule has 0 saturated carbocycles. The van der Waals surface area contributed by atoms with Gasteiger partial charge in [0.05, 0.1) is 6.61 Å². The first-order valence-electron chi connectivity index (χ1n) is 7.47. The maximum atomic E-state index is 5.71. The maximum absolute atomic E-state index is 5.71. The molecule has 4 nitrogen and oxygen atoms in total. The summed E-state index contributed by atoms with van der Waals surface area (Å²) < 4.78 is 5.71. The van der Waals surface area contributed by atoms with Crippen LogP contribution in [0.4, 0.5) is 11.5 Å². The smallest absolute Gasteiger partial charge is 0.173 e. The Morgan fingerprint density at radius 2 is 2.14 bits per heavy atom. The zero-order chi connectivity index (χ0) is 14.9. The first kappa shape index (κ1) is 15.3. The number of aryl methyl sites for hydroxylation is 1. The lowest BCUT2D eigenvalue weighted by molar-refractivity contribution is 0.318. The van der Waals surface area contributed by atoms with Crippen LogP contribution in [0.25, 0.3) is 0 Å². The average molecular weight is 285 g/mol. The highest BCUT2D eigenvalue weighted by molar-refractivity contribution is 5.62. The molecule has 0 spiro atoms. The molecule has 1 aromatic carbocycles. The Morgan fingerprint density at radius 1 is 1.24 bits per heavy atom. The van der Waals surface area contributed by atoms with Crippen LogP contribution in [0.15, 0.2) is 42.6 Å². The van der Waals surface area contributed by atoms with Crippen molar-refractivity contribution >= 4 is 11.5 Å². The van der Waals surface area contributed by atoms with Crippen molar-refractivity contribution in [2.75, 3.05) is 18.5 Å². The number of anilines is 2. The predicted molar refractivity (Wildman–Crippen MR) is 87.1 cm³/mol. The highest BCUT2D eigenvalue weighted by Crippen LogP contribution is 2.25. The average Bonchev–Trinajstić information content (AvgIpc) is 2.52. The van der Waals surface area contributed by atoms with E-state index in [0.717, 1.165) is 36.5 Å². The molecule has 0 atom stereocenters. The Kier molecular flexibility index (Phi) is 6.03. The third-order valence-electron chi connectivity index (χ3n) is 3.09. The first-order valence-corrected chi connectivity index (χ1v) is 7.47. The topological polar surface area (TPSA) is 60.2 Å². The summed E-state index contributed by atoms with van der Waals surface area (Å²) >= 11 is 0. The van der Waals surface area contributed by atoms with Crippen molar-refractivity contribution in [2.45, 2.75) is 26.2 Å². The Labute approximate surface area is 126 Å². The minimum Gasteiger partial charge on any atom is -0.490 e. The third kappa shape index (κ3) is 4.76. The van der Waals surface area contributed by atoms with Gasteiger partial charge in [-0.2, -0.15) is 0 Å². The van der Waals surface area contributed by atoms with E-state index in [1.54, 1.807) is 6.20 Å². The second kappa shape index (κ2) is 8.27. The quantitative estimate of drug-likeness (QED) is 0.779. The van der Waals surface area contributed by atoms with Gasteiger partial charge in [-0.3, -0.25) is 0 Å². The summed E-state index contributed by atoms with van der Waals surface area (Å²) in [7, 11) is 0. The molecule has 0 fully saturated rings. The lowest BCUT2D eigenvalue weighted by atomic mass is 10.1. The molecule has 0 unspecified atom stereocenters. The Hall–Kier alpha value is -2.07. The normalized spacial score (nSPS) is 10.4. The molecule has 0 radical (unpaired) electrons.